The summed E-state index contributed by atoms with van der Waals surface area (Å²) in [6.07, 6.45) is 3.35. The molecule has 0 radical (unpaired) electrons. The van der Waals surface area contributed by atoms with Gasteiger partial charge in [-0.1, -0.05) is 27.7 Å². The predicted molar refractivity (Wildman–Crippen MR) is 121 cm³/mol. The number of benzene rings is 1. The summed E-state index contributed by atoms with van der Waals surface area (Å²) in [6.45, 7) is 12.6. The Morgan fingerprint density at radius 1 is 1.10 bits per heavy atom. The number of nitrogens with one attached hydrogen (secondary N) is 2. The number of carbonyl (C=O) groups excluding carboxylic acids is 2. The molecule has 30 heavy (non-hydrogen) atoms. The third kappa shape index (κ3) is 7.63. The molecule has 168 valence electrons. The molecule has 6 nitrogen and oxygen atoms in total. The van der Waals surface area contributed by atoms with Crippen LogP contribution < -0.4 is 15.4 Å². The Morgan fingerprint density at radius 3 is 2.30 bits per heavy atom. The van der Waals surface area contributed by atoms with Crippen LogP contribution >= 0.6 is 0 Å². The SMILES string of the molecule is COc1ccc(C(=O)NC(C(=O)NCCCCN2CC(C)CC(C)C2)C(C)C)cc1. The molecule has 1 aliphatic heterocycles. The Labute approximate surface area is 181 Å². The molecule has 3 unspecified atom stereocenters. The minimum Gasteiger partial charge on any atom is -0.497 e. The van der Waals surface area contributed by atoms with Gasteiger partial charge < -0.3 is 20.3 Å². The molecule has 0 aromatic heterocycles. The van der Waals surface area contributed by atoms with Gasteiger partial charge in [0.2, 0.25) is 5.91 Å². The molecule has 1 heterocycles. The van der Waals surface area contributed by atoms with E-state index in [9.17, 15) is 9.59 Å². The summed E-state index contributed by atoms with van der Waals surface area (Å²) in [6, 6.07) is 6.33. The summed E-state index contributed by atoms with van der Waals surface area (Å²) >= 11 is 0. The van der Waals surface area contributed by atoms with Crippen LogP contribution in [0.25, 0.3) is 0 Å². The highest BCUT2D eigenvalue weighted by Crippen LogP contribution is 2.21. The predicted octanol–water partition coefficient (Wildman–Crippen LogP) is 3.32. The van der Waals surface area contributed by atoms with E-state index < -0.39 is 6.04 Å². The summed E-state index contributed by atoms with van der Waals surface area (Å²) < 4.78 is 5.12. The highest BCUT2D eigenvalue weighted by atomic mass is 16.5. The standard InChI is InChI=1S/C24H39N3O3/c1-17(2)22(26-23(28)20-8-10-21(30-5)11-9-20)24(29)25-12-6-7-13-27-15-18(3)14-19(4)16-27/h8-11,17-19,22H,6-7,12-16H2,1-5H3,(H,25,29)(H,26,28). The second-order valence-corrected chi connectivity index (χ2v) is 9.13. The van der Waals surface area contributed by atoms with Crippen LogP contribution in [0.2, 0.25) is 0 Å². The molecular formula is C24H39N3O3. The Bertz CT molecular complexity index is 665. The Kier molecular flexibility index (Phi) is 9.63. The van der Waals surface area contributed by atoms with Crippen molar-refractivity contribution >= 4 is 11.8 Å². The van der Waals surface area contributed by atoms with Crippen molar-refractivity contribution in [1.29, 1.82) is 0 Å². The first-order valence-electron chi connectivity index (χ1n) is 11.2. The zero-order valence-corrected chi connectivity index (χ0v) is 19.2. The number of carbonyl (C=O) groups is 2. The number of rotatable bonds is 10. The van der Waals surface area contributed by atoms with Crippen LogP contribution in [0, 0.1) is 17.8 Å². The highest BCUT2D eigenvalue weighted by Gasteiger charge is 2.24. The van der Waals surface area contributed by atoms with Gasteiger partial charge in [0, 0.05) is 25.2 Å². The van der Waals surface area contributed by atoms with Crippen LogP contribution in [0.1, 0.15) is 57.3 Å². The maximum absolute atomic E-state index is 12.6. The van der Waals surface area contributed by atoms with E-state index in [4.69, 9.17) is 4.74 Å². The molecule has 0 aliphatic carbocycles. The quantitative estimate of drug-likeness (QED) is 0.573. The maximum Gasteiger partial charge on any atom is 0.251 e. The second-order valence-electron chi connectivity index (χ2n) is 9.13. The fourth-order valence-electron chi connectivity index (χ4n) is 4.26. The minimum atomic E-state index is -0.552. The van der Waals surface area contributed by atoms with Crippen molar-refractivity contribution < 1.29 is 14.3 Å². The lowest BCUT2D eigenvalue weighted by atomic mass is 9.92. The number of nitrogens with zero attached hydrogens (tertiary/aromatic N) is 1. The molecule has 2 amide bonds. The molecule has 0 saturated carbocycles. The number of hydrogen-bond donors (Lipinski definition) is 2. The molecule has 1 fully saturated rings. The van der Waals surface area contributed by atoms with Crippen molar-refractivity contribution in [1.82, 2.24) is 15.5 Å². The molecule has 3 atom stereocenters. The second kappa shape index (κ2) is 11.9. The summed E-state index contributed by atoms with van der Waals surface area (Å²) in [5.41, 5.74) is 0.513. The van der Waals surface area contributed by atoms with Crippen LogP contribution in [0.5, 0.6) is 5.75 Å². The van der Waals surface area contributed by atoms with Crippen molar-refractivity contribution in [3.63, 3.8) is 0 Å². The van der Waals surface area contributed by atoms with Crippen molar-refractivity contribution in [2.75, 3.05) is 33.3 Å². The molecule has 1 aromatic carbocycles. The monoisotopic (exact) mass is 417 g/mol. The fourth-order valence-corrected chi connectivity index (χ4v) is 4.26. The van der Waals surface area contributed by atoms with E-state index in [-0.39, 0.29) is 17.7 Å². The van der Waals surface area contributed by atoms with Crippen LogP contribution in [0.15, 0.2) is 24.3 Å². The average molecular weight is 418 g/mol. The van der Waals surface area contributed by atoms with Gasteiger partial charge in [0.25, 0.3) is 5.91 Å². The molecular weight excluding hydrogens is 378 g/mol. The molecule has 1 aromatic rings. The number of amides is 2. The number of likely N-dealkylation sites (tertiary alicyclic amines) is 1. The molecule has 1 aliphatic rings. The summed E-state index contributed by atoms with van der Waals surface area (Å²) in [4.78, 5) is 27.7. The van der Waals surface area contributed by atoms with Gasteiger partial charge >= 0.3 is 0 Å². The van der Waals surface area contributed by atoms with E-state index in [0.717, 1.165) is 31.2 Å². The van der Waals surface area contributed by atoms with Gasteiger partial charge in [-0.2, -0.15) is 0 Å². The summed E-state index contributed by atoms with van der Waals surface area (Å²) in [7, 11) is 1.59. The van der Waals surface area contributed by atoms with Gasteiger partial charge in [0.1, 0.15) is 11.8 Å². The number of hydrogen-bond acceptors (Lipinski definition) is 4. The first-order valence-corrected chi connectivity index (χ1v) is 11.2. The van der Waals surface area contributed by atoms with Gasteiger partial charge in [0.05, 0.1) is 7.11 Å². The van der Waals surface area contributed by atoms with Gasteiger partial charge in [-0.15, -0.1) is 0 Å². The average Bonchev–Trinajstić information content (AvgIpc) is 2.70. The normalized spacial score (nSPS) is 20.6. The molecule has 2 N–H and O–H groups in total. The molecule has 2 rings (SSSR count). The maximum atomic E-state index is 12.6. The lowest BCUT2D eigenvalue weighted by Gasteiger charge is -2.35. The first-order chi connectivity index (χ1) is 14.3. The lowest BCUT2D eigenvalue weighted by Crippen LogP contribution is -2.49. The van der Waals surface area contributed by atoms with Crippen LogP contribution in [0.3, 0.4) is 0 Å². The van der Waals surface area contributed by atoms with E-state index in [2.05, 4.69) is 29.4 Å². The van der Waals surface area contributed by atoms with E-state index in [1.54, 1.807) is 31.4 Å². The third-order valence-electron chi connectivity index (χ3n) is 5.73. The molecule has 0 spiro atoms. The lowest BCUT2D eigenvalue weighted by molar-refractivity contribution is -0.123. The zero-order valence-electron chi connectivity index (χ0n) is 19.2. The van der Waals surface area contributed by atoms with Crippen molar-refractivity contribution in [2.24, 2.45) is 17.8 Å². The Balaban J connectivity index is 1.74. The minimum absolute atomic E-state index is 0.00326. The molecule has 0 bridgehead atoms. The van der Waals surface area contributed by atoms with Gasteiger partial charge in [0.15, 0.2) is 0 Å². The Morgan fingerprint density at radius 2 is 1.73 bits per heavy atom. The highest BCUT2D eigenvalue weighted by molar-refractivity contribution is 5.97. The number of ether oxygens (including phenoxy) is 1. The first kappa shape index (κ1) is 24.2. The van der Waals surface area contributed by atoms with Gasteiger partial charge in [-0.25, -0.2) is 0 Å². The smallest absolute Gasteiger partial charge is 0.251 e. The fraction of sp³-hybridized carbons (Fsp3) is 0.667. The van der Waals surface area contributed by atoms with Gasteiger partial charge in [-0.3, -0.25) is 9.59 Å². The van der Waals surface area contributed by atoms with Crippen molar-refractivity contribution in [2.45, 2.75) is 53.0 Å². The van der Waals surface area contributed by atoms with Gasteiger partial charge in [-0.05, 0) is 67.8 Å². The molecule has 6 heteroatoms. The summed E-state index contributed by atoms with van der Waals surface area (Å²) in [5.74, 6) is 1.87. The van der Waals surface area contributed by atoms with Crippen LogP contribution in [0.4, 0.5) is 0 Å². The third-order valence-corrected chi connectivity index (χ3v) is 5.73. The van der Waals surface area contributed by atoms with E-state index >= 15 is 0 Å². The largest absolute Gasteiger partial charge is 0.497 e. The topological polar surface area (TPSA) is 70.7 Å². The number of piperidine rings is 1. The van der Waals surface area contributed by atoms with Crippen molar-refractivity contribution in [3.8, 4) is 5.75 Å². The van der Waals surface area contributed by atoms with E-state index in [1.165, 1.54) is 19.5 Å². The van der Waals surface area contributed by atoms with Crippen LogP contribution in [-0.4, -0.2) is 56.0 Å². The van der Waals surface area contributed by atoms with E-state index in [0.29, 0.717) is 17.9 Å². The van der Waals surface area contributed by atoms with Crippen LogP contribution in [-0.2, 0) is 4.79 Å². The van der Waals surface area contributed by atoms with E-state index in [1.807, 2.05) is 13.8 Å². The van der Waals surface area contributed by atoms with Crippen molar-refractivity contribution in [3.05, 3.63) is 29.8 Å². The number of methoxy groups -OCH3 is 1. The zero-order chi connectivity index (χ0) is 22.1. The summed E-state index contributed by atoms with van der Waals surface area (Å²) in [5, 5.41) is 5.87. The number of unbranched alkanes of at least 4 members (excludes halogenated alkanes) is 1. The molecule has 1 saturated heterocycles. The Hall–Kier alpha value is -2.08.